The molecular weight excluding hydrogens is 805 g/mol. The molecule has 51 valence electrons. The summed E-state index contributed by atoms with van der Waals surface area (Å²) in [4.78, 5) is 0. The molecule has 0 aliphatic rings. The summed E-state index contributed by atoms with van der Waals surface area (Å²) in [5.41, 5.74) is 0. The Bertz CT molecular complexity index is 7.64. The molecule has 0 rings (SSSR count). The van der Waals surface area contributed by atoms with Crippen LogP contribution < -0.4 is 0 Å². The minimum atomic E-state index is 0. The molecule has 0 aromatic rings. The summed E-state index contributed by atoms with van der Waals surface area (Å²) in [6, 6.07) is 0. The van der Waals surface area contributed by atoms with E-state index < -0.39 is 0 Å². The van der Waals surface area contributed by atoms with E-state index in [0.29, 0.717) is 0 Å². The van der Waals surface area contributed by atoms with E-state index in [1.165, 1.54) is 0 Å². The van der Waals surface area contributed by atoms with Crippen LogP contribution in [-0.2, 0) is 0 Å². The Morgan fingerprint density at radius 3 is 0.250 bits per heavy atom. The summed E-state index contributed by atoms with van der Waals surface area (Å²) in [5.74, 6) is 0. The van der Waals surface area contributed by atoms with Crippen LogP contribution in [0, 0.1) is 148 Å². The number of hydrogen-bond donors (Lipinski definition) is 0. The quantitative estimate of drug-likeness (QED) is 0.214. The van der Waals surface area contributed by atoms with Gasteiger partial charge in [0.25, 0.3) is 0 Å². The van der Waals surface area contributed by atoms with Crippen molar-refractivity contribution in [2.75, 3.05) is 0 Å². The third kappa shape index (κ3) is 37.0. The second kappa shape index (κ2) is 46.1. The Labute approximate surface area is 238 Å². The molecule has 0 spiro atoms. The molecule has 0 aromatic heterocycles. The zero-order valence-electron chi connectivity index (χ0n) is 1.13. The van der Waals surface area contributed by atoms with Crippen LogP contribution in [0.25, 0.3) is 0 Å². The van der Waals surface area contributed by atoms with Gasteiger partial charge in [-0.2, -0.15) is 0 Å². The molecule has 0 nitrogen and oxygen atoms in total. The van der Waals surface area contributed by atoms with Crippen LogP contribution in [0.3, 0.4) is 0 Å². The molecule has 0 saturated carbocycles. The zero-order chi connectivity index (χ0) is 0. The molecule has 0 unspecified atom stereocenters. The first-order chi connectivity index (χ1) is 0. The van der Waals surface area contributed by atoms with Crippen LogP contribution in [0.5, 0.6) is 0 Å². The van der Waals surface area contributed by atoms with Gasteiger partial charge in [0, 0.05) is 148 Å². The normalized spacial score (nSPS) is 0. The van der Waals surface area contributed by atoms with Crippen LogP contribution in [0.2, 0.25) is 0 Å². The fourth-order valence-electron chi connectivity index (χ4n) is 0. The van der Waals surface area contributed by atoms with Gasteiger partial charge in [-0.15, -0.1) is 0 Å². The van der Waals surface area contributed by atoms with Gasteiger partial charge in [0.1, 0.15) is 0 Å². The zero-order valence-corrected chi connectivity index (χ0v) is 8.41. The van der Waals surface area contributed by atoms with Gasteiger partial charge in [-0.1, -0.05) is 0 Å². The van der Waals surface area contributed by atoms with Crippen LogP contribution in [0.15, 0.2) is 0 Å². The monoisotopic (exact) mass is 819 g/mol. The molecule has 0 bridgehead atoms. The van der Waals surface area contributed by atoms with Crippen LogP contribution in [0.4, 0.5) is 0 Å². The van der Waals surface area contributed by atoms with E-state index in [2.05, 4.69) is 0 Å². The van der Waals surface area contributed by atoms with Crippen molar-refractivity contribution in [2.24, 2.45) is 0 Å². The molecule has 0 aromatic carbocycles. The summed E-state index contributed by atoms with van der Waals surface area (Å²) >= 11 is 0. The fourth-order valence-corrected chi connectivity index (χ4v) is 0. The Morgan fingerprint density at radius 1 is 0.250 bits per heavy atom. The van der Waals surface area contributed by atoms with E-state index in [1.54, 1.807) is 0 Å². The molecule has 0 N–H and O–H groups in total. The molecule has 8 heteroatoms. The van der Waals surface area contributed by atoms with Gasteiger partial charge >= 0.3 is 99.0 Å². The van der Waals surface area contributed by atoms with Gasteiger partial charge in [0.2, 0.25) is 0 Å². The predicted octanol–water partition coefficient (Wildman–Crippen LogP) is -5.92. The fraction of sp³-hybridized carbons (Fsp3) is 0. The molecular formula is H15Eu3Ga5. The summed E-state index contributed by atoms with van der Waals surface area (Å²) < 4.78 is 0. The maximum absolute atomic E-state index is 0. The van der Waals surface area contributed by atoms with Crippen molar-refractivity contribution in [2.45, 2.75) is 0 Å². The van der Waals surface area contributed by atoms with Gasteiger partial charge in [-0.05, 0) is 0 Å². The molecule has 0 fully saturated rings. The summed E-state index contributed by atoms with van der Waals surface area (Å²) in [7, 11) is 0. The van der Waals surface area contributed by atoms with E-state index in [0.717, 1.165) is 0 Å². The standard InChI is InChI=1S/3Eu.5Ga.15H. The molecule has 0 atom stereocenters. The van der Waals surface area contributed by atoms with Crippen molar-refractivity contribution in [3.05, 3.63) is 0 Å². The summed E-state index contributed by atoms with van der Waals surface area (Å²) in [6.45, 7) is 0. The molecule has 0 saturated heterocycles. The van der Waals surface area contributed by atoms with E-state index in [-0.39, 0.29) is 247 Å². The van der Waals surface area contributed by atoms with Crippen LogP contribution >= 0.6 is 0 Å². The molecule has 0 heterocycles. The van der Waals surface area contributed by atoms with E-state index in [4.69, 9.17) is 0 Å². The van der Waals surface area contributed by atoms with Crippen LogP contribution in [0.1, 0.15) is 0 Å². The van der Waals surface area contributed by atoms with Crippen molar-refractivity contribution < 1.29 is 148 Å². The summed E-state index contributed by atoms with van der Waals surface area (Å²) in [5, 5.41) is 0. The van der Waals surface area contributed by atoms with Crippen molar-refractivity contribution >= 4 is 99.0 Å². The van der Waals surface area contributed by atoms with Crippen LogP contribution in [-0.4, -0.2) is 99.0 Å². The van der Waals surface area contributed by atoms with E-state index >= 15 is 0 Å². The average molecular weight is 820 g/mol. The van der Waals surface area contributed by atoms with Crippen molar-refractivity contribution in [1.29, 1.82) is 0 Å². The first-order valence-electron chi connectivity index (χ1n) is 0. The van der Waals surface area contributed by atoms with E-state index in [1.807, 2.05) is 0 Å². The average Bonchev–Trinajstić information content (AvgIpc) is 0. The third-order valence-corrected chi connectivity index (χ3v) is 0. The SMILES string of the molecule is [Eu].[Eu].[Eu].[GaH3].[GaH3].[GaH3].[GaH3].[GaH3]. The maximum atomic E-state index is 0. The van der Waals surface area contributed by atoms with Gasteiger partial charge in [0.05, 0.1) is 0 Å². The molecule has 0 amide bonds. The number of rotatable bonds is 0. The molecule has 3 radical (unpaired) electrons. The first kappa shape index (κ1) is 56.5. The third-order valence-electron chi connectivity index (χ3n) is 0. The van der Waals surface area contributed by atoms with Gasteiger partial charge in [-0.3, -0.25) is 0 Å². The van der Waals surface area contributed by atoms with Gasteiger partial charge in [-0.25, -0.2) is 0 Å². The first-order valence-corrected chi connectivity index (χ1v) is 0. The van der Waals surface area contributed by atoms with E-state index in [9.17, 15) is 0 Å². The van der Waals surface area contributed by atoms with Crippen molar-refractivity contribution in [3.8, 4) is 0 Å². The second-order valence-electron chi connectivity index (χ2n) is 0. The molecule has 8 heavy (non-hydrogen) atoms. The Hall–Kier alpha value is 7.94. The second-order valence-corrected chi connectivity index (χ2v) is 0. The Kier molecular flexibility index (Phi) is 325. The van der Waals surface area contributed by atoms with Gasteiger partial charge < -0.3 is 0 Å². The topological polar surface area (TPSA) is 0 Å². The molecule has 0 aliphatic heterocycles. The summed E-state index contributed by atoms with van der Waals surface area (Å²) in [6.07, 6.45) is 0. The number of hydrogen-bond acceptors (Lipinski definition) is 0. The van der Waals surface area contributed by atoms with Crippen molar-refractivity contribution in [1.82, 2.24) is 0 Å². The minimum absolute atomic E-state index is 0. The van der Waals surface area contributed by atoms with Crippen molar-refractivity contribution in [3.63, 3.8) is 0 Å². The predicted molar refractivity (Wildman–Crippen MR) is 49.7 cm³/mol. The van der Waals surface area contributed by atoms with Gasteiger partial charge in [0.15, 0.2) is 0 Å². The Balaban J connectivity index is 0. The Morgan fingerprint density at radius 2 is 0.250 bits per heavy atom. The molecule has 0 aliphatic carbocycles.